The molecule has 1 amide bonds. The summed E-state index contributed by atoms with van der Waals surface area (Å²) in [6.45, 7) is 0.885. The number of ether oxygens (including phenoxy) is 1. The minimum Gasteiger partial charge on any atom is -0.484 e. The van der Waals surface area contributed by atoms with Gasteiger partial charge in [-0.3, -0.25) is 4.79 Å². The number of halogens is 1. The van der Waals surface area contributed by atoms with E-state index in [1.165, 1.54) is 0 Å². The molecule has 1 N–H and O–H groups in total. The highest BCUT2D eigenvalue weighted by Crippen LogP contribution is 2.17. The Kier molecular flexibility index (Phi) is 5.66. The van der Waals surface area contributed by atoms with Crippen molar-refractivity contribution >= 4 is 27.5 Å². The number of nitrogens with zero attached hydrogens (tertiary/aromatic N) is 1. The maximum atomic E-state index is 12.2. The van der Waals surface area contributed by atoms with Crippen LogP contribution in [-0.4, -0.2) is 51.2 Å². The first kappa shape index (κ1) is 17.1. The molecule has 0 unspecified atom stereocenters. The van der Waals surface area contributed by atoms with E-state index in [0.717, 1.165) is 19.1 Å². The standard InChI is InChI=1S/C14H19ClN2O4S/c1-22(19,20)16-12-5-3-7-17(9-12)14(18)10-21-13-6-2-4-11(15)8-13/h2,4,6,8,12,16H,3,5,7,9-10H2,1H3/t12-/m0/s1. The number of carbonyl (C=O) groups excluding carboxylic acids is 1. The van der Waals surface area contributed by atoms with Gasteiger partial charge < -0.3 is 9.64 Å². The van der Waals surface area contributed by atoms with Gasteiger partial charge in [0.05, 0.1) is 6.26 Å². The van der Waals surface area contributed by atoms with Gasteiger partial charge in [-0.1, -0.05) is 17.7 Å². The van der Waals surface area contributed by atoms with Crippen molar-refractivity contribution in [2.24, 2.45) is 0 Å². The monoisotopic (exact) mass is 346 g/mol. The smallest absolute Gasteiger partial charge is 0.260 e. The second-order valence-corrected chi connectivity index (χ2v) is 7.53. The number of nitrogens with one attached hydrogen (secondary N) is 1. The van der Waals surface area contributed by atoms with E-state index >= 15 is 0 Å². The van der Waals surface area contributed by atoms with Gasteiger partial charge in [0.15, 0.2) is 6.61 Å². The van der Waals surface area contributed by atoms with Crippen LogP contribution in [0.4, 0.5) is 0 Å². The lowest BCUT2D eigenvalue weighted by Crippen LogP contribution is -2.50. The molecular formula is C14H19ClN2O4S. The van der Waals surface area contributed by atoms with Crippen LogP contribution in [0.25, 0.3) is 0 Å². The van der Waals surface area contributed by atoms with Crippen LogP contribution in [0.1, 0.15) is 12.8 Å². The quantitative estimate of drug-likeness (QED) is 0.870. The zero-order valence-electron chi connectivity index (χ0n) is 12.3. The molecule has 1 atom stereocenters. The summed E-state index contributed by atoms with van der Waals surface area (Å²) in [5.74, 6) is 0.364. The highest BCUT2D eigenvalue weighted by atomic mass is 35.5. The lowest BCUT2D eigenvalue weighted by atomic mass is 10.1. The summed E-state index contributed by atoms with van der Waals surface area (Å²) in [7, 11) is -3.27. The molecule has 0 aromatic heterocycles. The van der Waals surface area contributed by atoms with Crippen LogP contribution in [0, 0.1) is 0 Å². The molecule has 0 saturated carbocycles. The SMILES string of the molecule is CS(=O)(=O)N[C@H]1CCCN(C(=O)COc2cccc(Cl)c2)C1. The average molecular weight is 347 g/mol. The van der Waals surface area contributed by atoms with E-state index in [1.807, 2.05) is 0 Å². The molecule has 22 heavy (non-hydrogen) atoms. The Morgan fingerprint density at radius 2 is 2.27 bits per heavy atom. The van der Waals surface area contributed by atoms with Crippen molar-refractivity contribution < 1.29 is 17.9 Å². The molecular weight excluding hydrogens is 328 g/mol. The van der Waals surface area contributed by atoms with Crippen molar-refractivity contribution in [1.29, 1.82) is 0 Å². The first-order valence-corrected chi connectivity index (χ1v) is 9.24. The van der Waals surface area contributed by atoms with Gasteiger partial charge in [0.25, 0.3) is 5.91 Å². The molecule has 0 aliphatic carbocycles. The summed E-state index contributed by atoms with van der Waals surface area (Å²) < 4.78 is 30.5. The molecule has 1 saturated heterocycles. The average Bonchev–Trinajstić information content (AvgIpc) is 2.43. The van der Waals surface area contributed by atoms with Gasteiger partial charge >= 0.3 is 0 Å². The van der Waals surface area contributed by atoms with Crippen molar-refractivity contribution in [3.05, 3.63) is 29.3 Å². The van der Waals surface area contributed by atoms with Gasteiger partial charge in [0.1, 0.15) is 5.75 Å². The van der Waals surface area contributed by atoms with Gasteiger partial charge in [-0.15, -0.1) is 0 Å². The fourth-order valence-corrected chi connectivity index (χ4v) is 3.37. The molecule has 2 rings (SSSR count). The maximum Gasteiger partial charge on any atom is 0.260 e. The molecule has 8 heteroatoms. The predicted octanol–water partition coefficient (Wildman–Crippen LogP) is 1.26. The van der Waals surface area contributed by atoms with E-state index in [-0.39, 0.29) is 18.6 Å². The summed E-state index contributed by atoms with van der Waals surface area (Å²) in [6.07, 6.45) is 2.61. The number of likely N-dealkylation sites (tertiary alicyclic amines) is 1. The van der Waals surface area contributed by atoms with Gasteiger partial charge in [-0.2, -0.15) is 0 Å². The largest absolute Gasteiger partial charge is 0.484 e. The molecule has 1 aliphatic rings. The van der Waals surface area contributed by atoms with Crippen LogP contribution in [-0.2, 0) is 14.8 Å². The van der Waals surface area contributed by atoms with Crippen LogP contribution >= 0.6 is 11.6 Å². The number of piperidine rings is 1. The van der Waals surface area contributed by atoms with E-state index in [0.29, 0.717) is 23.9 Å². The van der Waals surface area contributed by atoms with Crippen molar-refractivity contribution in [3.63, 3.8) is 0 Å². The number of hydrogen-bond acceptors (Lipinski definition) is 4. The number of amides is 1. The number of benzene rings is 1. The van der Waals surface area contributed by atoms with E-state index in [1.54, 1.807) is 29.2 Å². The Morgan fingerprint density at radius 3 is 2.95 bits per heavy atom. The summed E-state index contributed by atoms with van der Waals surface area (Å²) >= 11 is 5.85. The van der Waals surface area contributed by atoms with E-state index in [2.05, 4.69) is 4.72 Å². The fraction of sp³-hybridized carbons (Fsp3) is 0.500. The molecule has 1 aliphatic heterocycles. The summed E-state index contributed by atoms with van der Waals surface area (Å²) in [4.78, 5) is 13.8. The fourth-order valence-electron chi connectivity index (χ4n) is 2.40. The Labute approximate surface area is 135 Å². The topological polar surface area (TPSA) is 75.7 Å². The van der Waals surface area contributed by atoms with Crippen LogP contribution < -0.4 is 9.46 Å². The Hall–Kier alpha value is -1.31. The molecule has 1 heterocycles. The second-order valence-electron chi connectivity index (χ2n) is 5.31. The molecule has 1 aromatic rings. The minimum absolute atomic E-state index is 0.0913. The first-order chi connectivity index (χ1) is 10.3. The minimum atomic E-state index is -3.27. The Balaban J connectivity index is 1.86. The van der Waals surface area contributed by atoms with Crippen molar-refractivity contribution in [2.75, 3.05) is 26.0 Å². The van der Waals surface area contributed by atoms with Crippen LogP contribution in [0.15, 0.2) is 24.3 Å². The Morgan fingerprint density at radius 1 is 1.50 bits per heavy atom. The second kappa shape index (κ2) is 7.30. The van der Waals surface area contributed by atoms with E-state index in [9.17, 15) is 13.2 Å². The molecule has 1 fully saturated rings. The third-order valence-corrected chi connectivity index (χ3v) is 4.31. The molecule has 1 aromatic carbocycles. The zero-order valence-corrected chi connectivity index (χ0v) is 13.9. The number of carbonyl (C=O) groups is 1. The summed E-state index contributed by atoms with van der Waals surface area (Å²) in [5, 5.41) is 0.542. The normalized spacial score (nSPS) is 19.0. The van der Waals surface area contributed by atoms with Crippen LogP contribution in [0.5, 0.6) is 5.75 Å². The summed E-state index contributed by atoms with van der Waals surface area (Å²) in [6, 6.07) is 6.60. The molecule has 122 valence electrons. The Bertz CT molecular complexity index is 635. The van der Waals surface area contributed by atoms with Gasteiger partial charge in [0, 0.05) is 24.2 Å². The van der Waals surface area contributed by atoms with E-state index < -0.39 is 10.0 Å². The maximum absolute atomic E-state index is 12.2. The zero-order chi connectivity index (χ0) is 16.2. The summed E-state index contributed by atoms with van der Waals surface area (Å²) in [5.41, 5.74) is 0. The molecule has 6 nitrogen and oxygen atoms in total. The van der Waals surface area contributed by atoms with Gasteiger partial charge in [-0.25, -0.2) is 13.1 Å². The predicted molar refractivity (Wildman–Crippen MR) is 84.5 cm³/mol. The lowest BCUT2D eigenvalue weighted by Gasteiger charge is -2.32. The third-order valence-electron chi connectivity index (χ3n) is 3.31. The third kappa shape index (κ3) is 5.47. The van der Waals surface area contributed by atoms with Gasteiger partial charge in [0.2, 0.25) is 10.0 Å². The molecule has 0 spiro atoms. The number of hydrogen-bond donors (Lipinski definition) is 1. The lowest BCUT2D eigenvalue weighted by molar-refractivity contribution is -0.134. The van der Waals surface area contributed by atoms with Crippen molar-refractivity contribution in [2.45, 2.75) is 18.9 Å². The highest BCUT2D eigenvalue weighted by molar-refractivity contribution is 7.88. The first-order valence-electron chi connectivity index (χ1n) is 6.97. The van der Waals surface area contributed by atoms with Crippen molar-refractivity contribution in [3.8, 4) is 5.75 Å². The number of rotatable bonds is 5. The van der Waals surface area contributed by atoms with Crippen LogP contribution in [0.2, 0.25) is 5.02 Å². The van der Waals surface area contributed by atoms with Crippen molar-refractivity contribution in [1.82, 2.24) is 9.62 Å². The van der Waals surface area contributed by atoms with Crippen LogP contribution in [0.3, 0.4) is 0 Å². The number of sulfonamides is 1. The van der Waals surface area contributed by atoms with Gasteiger partial charge in [-0.05, 0) is 31.0 Å². The molecule has 0 radical (unpaired) electrons. The van der Waals surface area contributed by atoms with E-state index in [4.69, 9.17) is 16.3 Å². The molecule has 0 bridgehead atoms. The highest BCUT2D eigenvalue weighted by Gasteiger charge is 2.25.